The first-order valence-electron chi connectivity index (χ1n) is 10.5. The molecule has 2 aliphatic heterocycles. The molecule has 1 saturated heterocycles. The summed E-state index contributed by atoms with van der Waals surface area (Å²) < 4.78 is 0. The Morgan fingerprint density at radius 2 is 1.68 bits per heavy atom. The van der Waals surface area contributed by atoms with E-state index >= 15 is 0 Å². The summed E-state index contributed by atoms with van der Waals surface area (Å²) in [5.74, 6) is -0.600. The van der Waals surface area contributed by atoms with Crippen LogP contribution in [-0.4, -0.2) is 66.7 Å². The lowest BCUT2D eigenvalue weighted by molar-refractivity contribution is -0.117. The lowest BCUT2D eigenvalue weighted by Gasteiger charge is -2.33. The number of rotatable bonds is 6. The number of piperazine rings is 1. The van der Waals surface area contributed by atoms with Crippen molar-refractivity contribution in [3.8, 4) is 0 Å². The van der Waals surface area contributed by atoms with E-state index in [-0.39, 0.29) is 17.6 Å². The van der Waals surface area contributed by atoms with Crippen LogP contribution in [-0.2, 0) is 9.59 Å². The summed E-state index contributed by atoms with van der Waals surface area (Å²) in [4.78, 5) is 41.7. The predicted octanol–water partition coefficient (Wildman–Crippen LogP) is 2.48. The molecule has 4 rings (SSSR count). The Hall–Kier alpha value is -3.29. The van der Waals surface area contributed by atoms with E-state index in [0.29, 0.717) is 29.1 Å². The van der Waals surface area contributed by atoms with Crippen LogP contribution in [0.3, 0.4) is 0 Å². The van der Waals surface area contributed by atoms with Crippen molar-refractivity contribution in [3.05, 3.63) is 65.7 Å². The highest BCUT2D eigenvalue weighted by atomic mass is 16.2. The number of amides is 2. The third-order valence-electron chi connectivity index (χ3n) is 5.72. The summed E-state index contributed by atoms with van der Waals surface area (Å²) in [6.07, 6.45) is 1.37. The van der Waals surface area contributed by atoms with Gasteiger partial charge in [-0.2, -0.15) is 0 Å². The fourth-order valence-corrected chi connectivity index (χ4v) is 3.88. The first-order valence-corrected chi connectivity index (χ1v) is 10.5. The number of hydrogen-bond donors (Lipinski definition) is 2. The molecule has 2 amide bonds. The fraction of sp³-hybridized carbons (Fsp3) is 0.292. The van der Waals surface area contributed by atoms with Crippen LogP contribution in [0.1, 0.15) is 22.8 Å². The molecule has 1 fully saturated rings. The smallest absolute Gasteiger partial charge is 0.256 e. The number of nitrogens with zero attached hydrogens (tertiary/aromatic N) is 2. The second-order valence-electron chi connectivity index (χ2n) is 7.76. The predicted molar refractivity (Wildman–Crippen MR) is 121 cm³/mol. The normalized spacial score (nSPS) is 18.0. The van der Waals surface area contributed by atoms with Gasteiger partial charge >= 0.3 is 0 Å². The third kappa shape index (κ3) is 4.90. The zero-order valence-corrected chi connectivity index (χ0v) is 17.6. The Bertz CT molecular complexity index is 1020. The van der Waals surface area contributed by atoms with E-state index in [1.165, 1.54) is 6.08 Å². The second kappa shape index (κ2) is 9.24. The number of ketones is 1. The van der Waals surface area contributed by atoms with Crippen molar-refractivity contribution in [2.45, 2.75) is 6.92 Å². The molecule has 0 radical (unpaired) electrons. The summed E-state index contributed by atoms with van der Waals surface area (Å²) >= 11 is 0. The summed E-state index contributed by atoms with van der Waals surface area (Å²) in [6.45, 7) is 7.30. The summed E-state index contributed by atoms with van der Waals surface area (Å²) in [5.41, 5.74) is 2.90. The highest BCUT2D eigenvalue weighted by Crippen LogP contribution is 2.31. The van der Waals surface area contributed by atoms with Gasteiger partial charge in [0.25, 0.3) is 5.91 Å². The molecule has 160 valence electrons. The number of carbonyl (C=O) groups is 3. The number of fused-ring (bicyclic) bond motifs is 1. The van der Waals surface area contributed by atoms with Crippen molar-refractivity contribution >= 4 is 34.5 Å². The standard InChI is InChI=1S/C24H26N4O3/c1-2-27-11-13-28(14-12-27)16-23(30)25-18-9-7-17(8-10-18)22(29)15-20-19-5-3-4-6-21(19)26-24(20)31/h3-10,15H,2,11-14,16H2,1H3,(H,25,30)(H,26,31)/b20-15-. The van der Waals surface area contributed by atoms with E-state index in [0.717, 1.165) is 38.3 Å². The van der Waals surface area contributed by atoms with Crippen molar-refractivity contribution in [3.63, 3.8) is 0 Å². The molecular formula is C24H26N4O3. The first-order chi connectivity index (χ1) is 15.0. The van der Waals surface area contributed by atoms with E-state index in [1.807, 2.05) is 18.2 Å². The maximum atomic E-state index is 12.6. The van der Waals surface area contributed by atoms with Crippen molar-refractivity contribution in [2.24, 2.45) is 0 Å². The first kappa shape index (κ1) is 21.0. The van der Waals surface area contributed by atoms with E-state index in [9.17, 15) is 14.4 Å². The zero-order chi connectivity index (χ0) is 21.8. The molecule has 2 N–H and O–H groups in total. The minimum atomic E-state index is -0.279. The van der Waals surface area contributed by atoms with Crippen molar-refractivity contribution in [1.29, 1.82) is 0 Å². The molecule has 2 aromatic carbocycles. The van der Waals surface area contributed by atoms with Crippen LogP contribution in [0.25, 0.3) is 5.57 Å². The Morgan fingerprint density at radius 1 is 1.00 bits per heavy atom. The molecule has 0 spiro atoms. The van der Waals surface area contributed by atoms with Crippen LogP contribution >= 0.6 is 0 Å². The molecule has 0 atom stereocenters. The summed E-state index contributed by atoms with van der Waals surface area (Å²) in [7, 11) is 0. The van der Waals surface area contributed by atoms with E-state index < -0.39 is 0 Å². The minimum absolute atomic E-state index is 0.0645. The van der Waals surface area contributed by atoms with Gasteiger partial charge in [0.2, 0.25) is 5.91 Å². The van der Waals surface area contributed by atoms with Crippen LogP contribution in [0.4, 0.5) is 11.4 Å². The minimum Gasteiger partial charge on any atom is -0.325 e. The number of likely N-dealkylation sites (N-methyl/N-ethyl adjacent to an activating group) is 1. The maximum Gasteiger partial charge on any atom is 0.256 e. The number of carbonyl (C=O) groups excluding carboxylic acids is 3. The van der Waals surface area contributed by atoms with Gasteiger partial charge in [-0.3, -0.25) is 19.3 Å². The molecule has 2 aromatic rings. The average molecular weight is 418 g/mol. The highest BCUT2D eigenvalue weighted by Gasteiger charge is 2.24. The molecule has 2 aliphatic rings. The van der Waals surface area contributed by atoms with Crippen LogP contribution in [0.5, 0.6) is 0 Å². The van der Waals surface area contributed by atoms with Crippen LogP contribution in [0.15, 0.2) is 54.6 Å². The largest absolute Gasteiger partial charge is 0.325 e. The topological polar surface area (TPSA) is 81.8 Å². The van der Waals surface area contributed by atoms with Gasteiger partial charge in [0, 0.05) is 48.7 Å². The van der Waals surface area contributed by atoms with E-state index in [1.54, 1.807) is 30.3 Å². The monoisotopic (exact) mass is 418 g/mol. The lowest BCUT2D eigenvalue weighted by Crippen LogP contribution is -2.48. The second-order valence-corrected chi connectivity index (χ2v) is 7.76. The van der Waals surface area contributed by atoms with Crippen molar-refractivity contribution in [1.82, 2.24) is 9.80 Å². The van der Waals surface area contributed by atoms with Crippen LogP contribution < -0.4 is 10.6 Å². The van der Waals surface area contributed by atoms with Crippen molar-refractivity contribution in [2.75, 3.05) is 49.9 Å². The van der Waals surface area contributed by atoms with Crippen LogP contribution in [0, 0.1) is 0 Å². The molecular weight excluding hydrogens is 392 g/mol. The number of benzene rings is 2. The van der Waals surface area contributed by atoms with Gasteiger partial charge in [-0.15, -0.1) is 0 Å². The number of para-hydroxylation sites is 1. The van der Waals surface area contributed by atoms with Gasteiger partial charge in [0.15, 0.2) is 5.78 Å². The van der Waals surface area contributed by atoms with Crippen LogP contribution in [0.2, 0.25) is 0 Å². The Kier molecular flexibility index (Phi) is 6.25. The Morgan fingerprint density at radius 3 is 2.39 bits per heavy atom. The molecule has 31 heavy (non-hydrogen) atoms. The molecule has 7 nitrogen and oxygen atoms in total. The zero-order valence-electron chi connectivity index (χ0n) is 17.6. The summed E-state index contributed by atoms with van der Waals surface area (Å²) in [5, 5.41) is 5.65. The molecule has 2 heterocycles. The number of anilines is 2. The molecule has 0 aromatic heterocycles. The third-order valence-corrected chi connectivity index (χ3v) is 5.72. The van der Waals surface area contributed by atoms with Gasteiger partial charge in [-0.05, 0) is 43.0 Å². The van der Waals surface area contributed by atoms with Gasteiger partial charge in [0.05, 0.1) is 12.1 Å². The Balaban J connectivity index is 1.36. The lowest BCUT2D eigenvalue weighted by atomic mass is 10.0. The molecule has 0 unspecified atom stereocenters. The highest BCUT2D eigenvalue weighted by molar-refractivity contribution is 6.35. The van der Waals surface area contributed by atoms with E-state index in [2.05, 4.69) is 27.4 Å². The number of hydrogen-bond acceptors (Lipinski definition) is 5. The molecule has 7 heteroatoms. The fourth-order valence-electron chi connectivity index (χ4n) is 3.88. The van der Waals surface area contributed by atoms with Gasteiger partial charge in [0.1, 0.15) is 0 Å². The number of nitrogens with one attached hydrogen (secondary N) is 2. The quantitative estimate of drug-likeness (QED) is 0.556. The molecule has 0 bridgehead atoms. The summed E-state index contributed by atoms with van der Waals surface area (Å²) in [6, 6.07) is 14.0. The van der Waals surface area contributed by atoms with Gasteiger partial charge < -0.3 is 15.5 Å². The maximum absolute atomic E-state index is 12.6. The van der Waals surface area contributed by atoms with Gasteiger partial charge in [-0.1, -0.05) is 25.1 Å². The number of allylic oxidation sites excluding steroid dienone is 1. The Labute approximate surface area is 181 Å². The van der Waals surface area contributed by atoms with Gasteiger partial charge in [-0.25, -0.2) is 0 Å². The van der Waals surface area contributed by atoms with Crippen molar-refractivity contribution < 1.29 is 14.4 Å². The molecule has 0 saturated carbocycles. The SMILES string of the molecule is CCN1CCN(CC(=O)Nc2ccc(C(=O)/C=C3\C(=O)Nc4ccccc43)cc2)CC1. The average Bonchev–Trinajstić information content (AvgIpc) is 3.09. The molecule has 0 aliphatic carbocycles. The van der Waals surface area contributed by atoms with E-state index in [4.69, 9.17) is 0 Å².